The Labute approximate surface area is 263 Å². The summed E-state index contributed by atoms with van der Waals surface area (Å²) in [6, 6.07) is 26.1. The van der Waals surface area contributed by atoms with Gasteiger partial charge in [0.05, 0.1) is 11.4 Å². The van der Waals surface area contributed by atoms with Crippen LogP contribution in [0.25, 0.3) is 0 Å². The first kappa shape index (κ1) is 31.2. The molecule has 0 bridgehead atoms. The maximum absolute atomic E-state index is 5.18. The van der Waals surface area contributed by atoms with Gasteiger partial charge in [0.25, 0.3) is 0 Å². The highest BCUT2D eigenvalue weighted by Gasteiger charge is 2.54. The molecule has 0 amide bonds. The maximum atomic E-state index is 5.18. The maximum Gasteiger partial charge on any atom is 0.224 e. The minimum Gasteiger partial charge on any atom is -0.370 e. The van der Waals surface area contributed by atoms with Crippen LogP contribution in [0, 0.1) is 0 Å². The molecule has 8 nitrogen and oxygen atoms in total. The van der Waals surface area contributed by atoms with Crippen LogP contribution < -0.4 is 21.3 Å². The lowest BCUT2D eigenvalue weighted by Gasteiger charge is -2.52. The van der Waals surface area contributed by atoms with E-state index in [1.165, 1.54) is 11.1 Å². The molecular weight excluding hydrogens is 544 g/mol. The second-order valence-corrected chi connectivity index (χ2v) is 11.6. The van der Waals surface area contributed by atoms with Crippen LogP contribution in [-0.2, 0) is 0 Å². The van der Waals surface area contributed by atoms with Crippen molar-refractivity contribution in [3.63, 3.8) is 0 Å². The Bertz CT molecular complexity index is 1270. The molecule has 0 unspecified atom stereocenters. The van der Waals surface area contributed by atoms with E-state index in [-0.39, 0.29) is 23.7 Å². The number of nitrogens with zero attached hydrogens (tertiary/aromatic N) is 4. The van der Waals surface area contributed by atoms with Gasteiger partial charge in [0.2, 0.25) is 11.9 Å². The highest BCUT2D eigenvalue weighted by Crippen LogP contribution is 2.66. The van der Waals surface area contributed by atoms with Gasteiger partial charge in [-0.25, -0.2) is 9.97 Å². The van der Waals surface area contributed by atoms with E-state index >= 15 is 0 Å². The van der Waals surface area contributed by atoms with Crippen LogP contribution in [-0.4, -0.2) is 46.1 Å². The van der Waals surface area contributed by atoms with Gasteiger partial charge in [-0.15, -0.1) is 0 Å². The van der Waals surface area contributed by atoms with Crippen LogP contribution in [0.4, 0.5) is 23.5 Å². The predicted octanol–water partition coefficient (Wildman–Crippen LogP) is 8.00. The zero-order chi connectivity index (χ0) is 30.7. The quantitative estimate of drug-likeness (QED) is 0.104. The number of anilines is 4. The summed E-state index contributed by atoms with van der Waals surface area (Å²) >= 11 is 0. The lowest BCUT2D eigenvalue weighted by molar-refractivity contribution is 0.220. The molecule has 2 heterocycles. The van der Waals surface area contributed by atoms with Crippen LogP contribution in [0.15, 0.2) is 72.8 Å². The molecule has 0 spiro atoms. The SMILES string of the molecule is CCCNc1cc([C@H]2[C@H](c3ccccc3)[C@H](c3cc(NCCC)nc(NCCC)n3)[C@H]2c2ccccc2)nc(NCCC)n1. The predicted molar refractivity (Wildman–Crippen MR) is 183 cm³/mol. The van der Waals surface area contributed by atoms with Crippen molar-refractivity contribution in [2.45, 2.75) is 77.0 Å². The third kappa shape index (κ3) is 7.29. The number of aromatic nitrogens is 4. The molecule has 0 atom stereocenters. The second-order valence-electron chi connectivity index (χ2n) is 11.6. The van der Waals surface area contributed by atoms with E-state index < -0.39 is 0 Å². The number of rotatable bonds is 16. The Kier molecular flexibility index (Phi) is 11.0. The zero-order valence-corrected chi connectivity index (χ0v) is 26.7. The van der Waals surface area contributed by atoms with E-state index in [9.17, 15) is 0 Å². The summed E-state index contributed by atoms with van der Waals surface area (Å²) in [5.41, 5.74) is 4.70. The summed E-state index contributed by atoms with van der Waals surface area (Å²) in [5.74, 6) is 3.71. The number of hydrogen-bond acceptors (Lipinski definition) is 8. The Morgan fingerprint density at radius 3 is 1.18 bits per heavy atom. The van der Waals surface area contributed by atoms with Crippen molar-refractivity contribution in [3.8, 4) is 0 Å². The van der Waals surface area contributed by atoms with Crippen LogP contribution in [0.3, 0.4) is 0 Å². The van der Waals surface area contributed by atoms with Crippen LogP contribution >= 0.6 is 0 Å². The lowest BCUT2D eigenvalue weighted by Crippen LogP contribution is -2.41. The van der Waals surface area contributed by atoms with Gasteiger partial charge in [0.1, 0.15) is 11.6 Å². The van der Waals surface area contributed by atoms with E-state index in [4.69, 9.17) is 19.9 Å². The first-order valence-electron chi connectivity index (χ1n) is 16.5. The zero-order valence-electron chi connectivity index (χ0n) is 26.7. The highest BCUT2D eigenvalue weighted by atomic mass is 15.2. The van der Waals surface area contributed by atoms with E-state index in [2.05, 4.69) is 122 Å². The fourth-order valence-corrected chi connectivity index (χ4v) is 6.26. The average Bonchev–Trinajstić information content (AvgIpc) is 3.05. The van der Waals surface area contributed by atoms with Crippen molar-refractivity contribution < 1.29 is 0 Å². The van der Waals surface area contributed by atoms with Crippen molar-refractivity contribution in [1.82, 2.24) is 19.9 Å². The Balaban J connectivity index is 1.67. The molecule has 0 saturated heterocycles. The summed E-state index contributed by atoms with van der Waals surface area (Å²) in [5, 5.41) is 14.0. The van der Waals surface area contributed by atoms with Gasteiger partial charge < -0.3 is 21.3 Å². The summed E-state index contributed by atoms with van der Waals surface area (Å²) in [6.07, 6.45) is 4.07. The first-order valence-corrected chi connectivity index (χ1v) is 16.5. The largest absolute Gasteiger partial charge is 0.370 e. The molecule has 1 saturated carbocycles. The minimum absolute atomic E-state index is 0.131. The van der Waals surface area contributed by atoms with Crippen molar-refractivity contribution in [3.05, 3.63) is 95.3 Å². The third-order valence-electron chi connectivity index (χ3n) is 8.27. The van der Waals surface area contributed by atoms with Crippen molar-refractivity contribution in [2.24, 2.45) is 0 Å². The number of nitrogens with one attached hydrogen (secondary N) is 4. The molecular formula is C36H48N8. The van der Waals surface area contributed by atoms with E-state index in [0.29, 0.717) is 11.9 Å². The van der Waals surface area contributed by atoms with Gasteiger partial charge in [-0.3, -0.25) is 0 Å². The Morgan fingerprint density at radius 2 is 0.818 bits per heavy atom. The lowest BCUT2D eigenvalue weighted by atomic mass is 9.50. The number of benzene rings is 2. The van der Waals surface area contributed by atoms with Gasteiger partial charge in [-0.1, -0.05) is 88.4 Å². The summed E-state index contributed by atoms with van der Waals surface area (Å²) in [4.78, 5) is 20.0. The fourth-order valence-electron chi connectivity index (χ4n) is 6.26. The summed E-state index contributed by atoms with van der Waals surface area (Å²) in [6.45, 7) is 12.1. The standard InChI is InChI=1S/C36H48N8/c1-5-19-37-29-23-27(41-35(43-29)39-21-7-3)33-31(25-15-11-9-12-16-25)34(32(33)26-17-13-10-14-18-26)28-24-30(38-20-6-2)44-36(42-28)40-22-8-4/h9-18,23-24,31-34H,5-8,19-22H2,1-4H3,(H2,37,39,41,43)(H2,38,40,42,44)/t31-,32-,33-,34-. The van der Waals surface area contributed by atoms with E-state index in [1.54, 1.807) is 0 Å². The first-order chi connectivity index (χ1) is 21.7. The highest BCUT2D eigenvalue weighted by molar-refractivity contribution is 5.52. The van der Waals surface area contributed by atoms with Crippen LogP contribution in [0.5, 0.6) is 0 Å². The van der Waals surface area contributed by atoms with E-state index in [1.807, 2.05) is 0 Å². The molecule has 5 rings (SSSR count). The third-order valence-corrected chi connectivity index (χ3v) is 8.27. The van der Waals surface area contributed by atoms with Crippen molar-refractivity contribution in [2.75, 3.05) is 47.4 Å². The van der Waals surface area contributed by atoms with Gasteiger partial charge in [-0.05, 0) is 36.8 Å². The molecule has 232 valence electrons. The average molecular weight is 593 g/mol. The molecule has 8 heteroatoms. The molecule has 44 heavy (non-hydrogen) atoms. The molecule has 1 fully saturated rings. The van der Waals surface area contributed by atoms with Gasteiger partial charge in [0.15, 0.2) is 0 Å². The normalized spacial score (nSPS) is 19.2. The summed E-state index contributed by atoms with van der Waals surface area (Å²) in [7, 11) is 0. The topological polar surface area (TPSA) is 99.7 Å². The van der Waals surface area contributed by atoms with Gasteiger partial charge in [-0.2, -0.15) is 9.97 Å². The second kappa shape index (κ2) is 15.5. The monoisotopic (exact) mass is 592 g/mol. The van der Waals surface area contributed by atoms with Crippen LogP contribution in [0.1, 0.15) is 99.6 Å². The number of hydrogen-bond donors (Lipinski definition) is 4. The molecule has 2 aromatic heterocycles. The van der Waals surface area contributed by atoms with Crippen LogP contribution in [0.2, 0.25) is 0 Å². The van der Waals surface area contributed by atoms with Crippen molar-refractivity contribution >= 4 is 23.5 Å². The molecule has 0 radical (unpaired) electrons. The fraction of sp³-hybridized carbons (Fsp3) is 0.444. The Morgan fingerprint density at radius 1 is 0.455 bits per heavy atom. The van der Waals surface area contributed by atoms with E-state index in [0.717, 1.165) is 74.9 Å². The molecule has 4 aromatic rings. The van der Waals surface area contributed by atoms with Crippen molar-refractivity contribution in [1.29, 1.82) is 0 Å². The van der Waals surface area contributed by atoms with Gasteiger partial charge in [0, 0.05) is 62.0 Å². The smallest absolute Gasteiger partial charge is 0.224 e. The summed E-state index contributed by atoms with van der Waals surface area (Å²) < 4.78 is 0. The molecule has 2 aromatic carbocycles. The molecule has 0 aliphatic heterocycles. The molecule has 4 N–H and O–H groups in total. The minimum atomic E-state index is 0.131. The Hall–Kier alpha value is -4.20. The molecule has 1 aliphatic carbocycles. The van der Waals surface area contributed by atoms with Gasteiger partial charge >= 0.3 is 0 Å². The molecule has 1 aliphatic rings.